The largest absolute Gasteiger partial charge is 0.453 e. The number of hydrogen-bond acceptors (Lipinski definition) is 3. The minimum absolute atomic E-state index is 0.496. The summed E-state index contributed by atoms with van der Waals surface area (Å²) in [7, 11) is 1.33. The molecule has 110 valence electrons. The molecule has 2 N–H and O–H groups in total. The Hall–Kier alpha value is -3.08. The molecule has 0 saturated heterocycles. The van der Waals surface area contributed by atoms with Crippen molar-refractivity contribution in [1.29, 1.82) is 0 Å². The van der Waals surface area contributed by atoms with Gasteiger partial charge in [-0.15, -0.1) is 0 Å². The van der Waals surface area contributed by atoms with Crippen LogP contribution in [0.25, 0.3) is 22.5 Å². The monoisotopic (exact) mass is 293 g/mol. The Bertz CT molecular complexity index is 781. The van der Waals surface area contributed by atoms with E-state index in [-0.39, 0.29) is 0 Å². The quantitative estimate of drug-likeness (QED) is 0.769. The number of aromatic nitrogens is 2. The van der Waals surface area contributed by atoms with Crippen molar-refractivity contribution in [2.24, 2.45) is 0 Å². The fourth-order valence-electron chi connectivity index (χ4n) is 2.16. The summed E-state index contributed by atoms with van der Waals surface area (Å²) in [5, 5.41) is 10.0. The van der Waals surface area contributed by atoms with E-state index in [2.05, 4.69) is 20.3 Å². The van der Waals surface area contributed by atoms with Crippen LogP contribution >= 0.6 is 0 Å². The first-order valence-corrected chi connectivity index (χ1v) is 6.82. The fourth-order valence-corrected chi connectivity index (χ4v) is 2.16. The van der Waals surface area contributed by atoms with Gasteiger partial charge in [0.05, 0.1) is 18.5 Å². The maximum atomic E-state index is 11.3. The Morgan fingerprint density at radius 1 is 1.05 bits per heavy atom. The first kappa shape index (κ1) is 13.9. The Labute approximate surface area is 127 Å². The van der Waals surface area contributed by atoms with Crippen LogP contribution in [0.1, 0.15) is 0 Å². The summed E-state index contributed by atoms with van der Waals surface area (Å²) < 4.78 is 4.59. The van der Waals surface area contributed by atoms with Gasteiger partial charge in [0.25, 0.3) is 0 Å². The molecule has 0 aliphatic rings. The van der Waals surface area contributed by atoms with Gasteiger partial charge in [-0.3, -0.25) is 10.4 Å². The molecule has 1 heterocycles. The van der Waals surface area contributed by atoms with Gasteiger partial charge in [0.2, 0.25) is 0 Å². The number of carbonyl (C=O) groups excluding carboxylic acids is 1. The highest BCUT2D eigenvalue weighted by molar-refractivity contribution is 5.85. The summed E-state index contributed by atoms with van der Waals surface area (Å²) in [6, 6.07) is 19.4. The van der Waals surface area contributed by atoms with E-state index in [1.807, 2.05) is 54.6 Å². The lowest BCUT2D eigenvalue weighted by atomic mass is 10.1. The van der Waals surface area contributed by atoms with Crippen LogP contribution in [-0.2, 0) is 4.74 Å². The van der Waals surface area contributed by atoms with Gasteiger partial charge >= 0.3 is 6.09 Å². The first-order valence-electron chi connectivity index (χ1n) is 6.82. The van der Waals surface area contributed by atoms with E-state index in [0.29, 0.717) is 5.69 Å². The molecule has 22 heavy (non-hydrogen) atoms. The molecule has 0 aliphatic carbocycles. The van der Waals surface area contributed by atoms with Crippen LogP contribution in [0.15, 0.2) is 60.7 Å². The van der Waals surface area contributed by atoms with Crippen LogP contribution in [0.5, 0.6) is 0 Å². The zero-order valence-corrected chi connectivity index (χ0v) is 12.0. The number of carbonyl (C=O) groups is 1. The molecule has 2 aromatic carbocycles. The predicted octanol–water partition coefficient (Wildman–Crippen LogP) is 3.92. The van der Waals surface area contributed by atoms with Crippen molar-refractivity contribution in [1.82, 2.24) is 10.2 Å². The molecule has 0 bridgehead atoms. The van der Waals surface area contributed by atoms with Crippen LogP contribution in [-0.4, -0.2) is 23.4 Å². The van der Waals surface area contributed by atoms with Crippen molar-refractivity contribution in [2.75, 3.05) is 12.4 Å². The molecule has 0 radical (unpaired) electrons. The van der Waals surface area contributed by atoms with Gasteiger partial charge in [0.1, 0.15) is 0 Å². The number of ether oxygens (including phenoxy) is 1. The summed E-state index contributed by atoms with van der Waals surface area (Å²) in [4.78, 5) is 11.3. The molecule has 0 fully saturated rings. The zero-order chi connectivity index (χ0) is 15.4. The lowest BCUT2D eigenvalue weighted by Crippen LogP contribution is -2.10. The van der Waals surface area contributed by atoms with Gasteiger partial charge < -0.3 is 4.74 Å². The number of H-pyrrole nitrogens is 1. The molecule has 0 spiro atoms. The van der Waals surface area contributed by atoms with Crippen molar-refractivity contribution in [3.63, 3.8) is 0 Å². The molecule has 5 nitrogen and oxygen atoms in total. The first-order chi connectivity index (χ1) is 10.8. The van der Waals surface area contributed by atoms with E-state index >= 15 is 0 Å². The van der Waals surface area contributed by atoms with E-state index in [4.69, 9.17) is 0 Å². The molecule has 0 saturated carbocycles. The van der Waals surface area contributed by atoms with E-state index < -0.39 is 6.09 Å². The smallest absolute Gasteiger partial charge is 0.411 e. The number of methoxy groups -OCH3 is 1. The lowest BCUT2D eigenvalue weighted by Gasteiger charge is -2.04. The maximum Gasteiger partial charge on any atom is 0.411 e. The van der Waals surface area contributed by atoms with E-state index in [0.717, 1.165) is 22.5 Å². The molecule has 3 aromatic rings. The minimum Gasteiger partial charge on any atom is -0.453 e. The lowest BCUT2D eigenvalue weighted by molar-refractivity contribution is 0.187. The molecule has 1 aromatic heterocycles. The topological polar surface area (TPSA) is 67.0 Å². The molecule has 3 rings (SSSR count). The van der Waals surface area contributed by atoms with Crippen molar-refractivity contribution in [3.05, 3.63) is 60.7 Å². The Kier molecular flexibility index (Phi) is 3.87. The van der Waals surface area contributed by atoms with Gasteiger partial charge in [0.15, 0.2) is 0 Å². The van der Waals surface area contributed by atoms with Crippen LogP contribution in [0.3, 0.4) is 0 Å². The van der Waals surface area contributed by atoms with Crippen molar-refractivity contribution in [3.8, 4) is 22.5 Å². The SMILES string of the molecule is COC(=O)Nc1cccc(-c2cc(-c3ccccc3)[nH]n2)c1. The summed E-state index contributed by atoms with van der Waals surface area (Å²) >= 11 is 0. The number of anilines is 1. The number of amides is 1. The molecule has 5 heteroatoms. The highest BCUT2D eigenvalue weighted by atomic mass is 16.5. The normalized spacial score (nSPS) is 10.2. The molecule has 0 aliphatic heterocycles. The van der Waals surface area contributed by atoms with Crippen LogP contribution in [0.2, 0.25) is 0 Å². The highest BCUT2D eigenvalue weighted by Gasteiger charge is 2.07. The number of rotatable bonds is 3. The molecule has 0 atom stereocenters. The molecular formula is C17H15N3O2. The maximum absolute atomic E-state index is 11.3. The number of aromatic amines is 1. The van der Waals surface area contributed by atoms with Gasteiger partial charge in [-0.1, -0.05) is 42.5 Å². The summed E-state index contributed by atoms with van der Waals surface area (Å²) in [5.41, 5.74) is 4.40. The molecule has 1 amide bonds. The average molecular weight is 293 g/mol. The van der Waals surface area contributed by atoms with E-state index in [1.54, 1.807) is 6.07 Å². The number of nitrogens with zero attached hydrogens (tertiary/aromatic N) is 1. The third kappa shape index (κ3) is 2.98. The van der Waals surface area contributed by atoms with Gasteiger partial charge in [-0.2, -0.15) is 5.10 Å². The van der Waals surface area contributed by atoms with Crippen molar-refractivity contribution >= 4 is 11.8 Å². The Morgan fingerprint density at radius 3 is 2.59 bits per heavy atom. The van der Waals surface area contributed by atoms with E-state index in [9.17, 15) is 4.79 Å². The number of benzene rings is 2. The third-order valence-electron chi connectivity index (χ3n) is 3.25. The zero-order valence-electron chi connectivity index (χ0n) is 12.0. The van der Waals surface area contributed by atoms with Crippen molar-refractivity contribution < 1.29 is 9.53 Å². The number of nitrogens with one attached hydrogen (secondary N) is 2. The Balaban J connectivity index is 1.87. The second kappa shape index (κ2) is 6.13. The van der Waals surface area contributed by atoms with Gasteiger partial charge in [-0.05, 0) is 23.8 Å². The molecule has 0 unspecified atom stereocenters. The van der Waals surface area contributed by atoms with Crippen LogP contribution < -0.4 is 5.32 Å². The summed E-state index contributed by atoms with van der Waals surface area (Å²) in [5.74, 6) is 0. The average Bonchev–Trinajstić information content (AvgIpc) is 3.06. The molecular weight excluding hydrogens is 278 g/mol. The van der Waals surface area contributed by atoms with Gasteiger partial charge in [0, 0.05) is 11.3 Å². The Morgan fingerprint density at radius 2 is 1.82 bits per heavy atom. The third-order valence-corrected chi connectivity index (χ3v) is 3.25. The predicted molar refractivity (Wildman–Crippen MR) is 85.5 cm³/mol. The number of hydrogen-bond donors (Lipinski definition) is 2. The summed E-state index contributed by atoms with van der Waals surface area (Å²) in [6.07, 6.45) is -0.496. The summed E-state index contributed by atoms with van der Waals surface area (Å²) in [6.45, 7) is 0. The fraction of sp³-hybridized carbons (Fsp3) is 0.0588. The van der Waals surface area contributed by atoms with E-state index in [1.165, 1.54) is 7.11 Å². The standard InChI is InChI=1S/C17H15N3O2/c1-22-17(21)18-14-9-5-8-13(10-14)16-11-15(19-20-16)12-6-3-2-4-7-12/h2-11H,1H3,(H,18,21)(H,19,20). The highest BCUT2D eigenvalue weighted by Crippen LogP contribution is 2.25. The second-order valence-corrected chi connectivity index (χ2v) is 4.73. The van der Waals surface area contributed by atoms with Crippen LogP contribution in [0, 0.1) is 0 Å². The second-order valence-electron chi connectivity index (χ2n) is 4.73. The van der Waals surface area contributed by atoms with Crippen molar-refractivity contribution in [2.45, 2.75) is 0 Å². The van der Waals surface area contributed by atoms with Crippen LogP contribution in [0.4, 0.5) is 10.5 Å². The minimum atomic E-state index is -0.496. The van der Waals surface area contributed by atoms with Gasteiger partial charge in [-0.25, -0.2) is 4.79 Å².